The van der Waals surface area contributed by atoms with Gasteiger partial charge in [0.05, 0.1) is 10.9 Å². The minimum atomic E-state index is -3.64. The third-order valence-electron chi connectivity index (χ3n) is 4.91. The highest BCUT2D eigenvalue weighted by atomic mass is 32.2. The Kier molecular flexibility index (Phi) is 5.67. The third kappa shape index (κ3) is 4.22. The van der Waals surface area contributed by atoms with Gasteiger partial charge in [0.25, 0.3) is 5.91 Å². The summed E-state index contributed by atoms with van der Waals surface area (Å²) in [5, 5.41) is 0. The quantitative estimate of drug-likeness (QED) is 0.855. The van der Waals surface area contributed by atoms with E-state index in [0.717, 1.165) is 19.3 Å². The molecule has 0 radical (unpaired) electrons. The second-order valence-electron chi connectivity index (χ2n) is 7.33. The molecule has 0 bridgehead atoms. The molecule has 1 atom stereocenters. The van der Waals surface area contributed by atoms with Crippen molar-refractivity contribution >= 4 is 15.9 Å². The lowest BCUT2D eigenvalue weighted by Crippen LogP contribution is -2.34. The summed E-state index contributed by atoms with van der Waals surface area (Å²) < 4.78 is 27.4. The van der Waals surface area contributed by atoms with Crippen molar-refractivity contribution in [1.29, 1.82) is 0 Å². The van der Waals surface area contributed by atoms with Crippen LogP contribution in [0.25, 0.3) is 0 Å². The first kappa shape index (κ1) is 19.6. The molecule has 2 aromatic rings. The Morgan fingerprint density at radius 1 is 1.15 bits per heavy atom. The lowest BCUT2D eigenvalue weighted by molar-refractivity contribution is 0.0715. The van der Waals surface area contributed by atoms with E-state index in [4.69, 9.17) is 0 Å². The molecule has 0 saturated heterocycles. The molecule has 2 aromatic carbocycles. The van der Waals surface area contributed by atoms with Crippen LogP contribution in [-0.4, -0.2) is 32.3 Å². The minimum absolute atomic E-state index is 0.0107. The number of amides is 1. The summed E-state index contributed by atoms with van der Waals surface area (Å²) >= 11 is 0. The van der Waals surface area contributed by atoms with Crippen molar-refractivity contribution in [3.05, 3.63) is 65.2 Å². The van der Waals surface area contributed by atoms with E-state index in [9.17, 15) is 13.2 Å². The number of carbonyl (C=O) groups excluding carboxylic acids is 1. The molecule has 1 unspecified atom stereocenters. The van der Waals surface area contributed by atoms with Crippen LogP contribution in [0.4, 0.5) is 0 Å². The Morgan fingerprint density at radius 3 is 2.63 bits per heavy atom. The maximum absolute atomic E-state index is 13.1. The summed E-state index contributed by atoms with van der Waals surface area (Å²) in [7, 11) is -1.84. The molecule has 1 N–H and O–H groups in total. The number of aryl methyl sites for hydroxylation is 1. The van der Waals surface area contributed by atoms with Crippen molar-refractivity contribution in [2.45, 2.75) is 50.1 Å². The van der Waals surface area contributed by atoms with E-state index < -0.39 is 10.0 Å². The number of fused-ring (bicyclic) bond motifs is 1. The van der Waals surface area contributed by atoms with Gasteiger partial charge in [-0.25, -0.2) is 13.1 Å². The number of hydrogen-bond donors (Lipinski definition) is 1. The topological polar surface area (TPSA) is 66.5 Å². The van der Waals surface area contributed by atoms with Gasteiger partial charge in [-0.15, -0.1) is 0 Å². The van der Waals surface area contributed by atoms with Gasteiger partial charge in [0, 0.05) is 18.7 Å². The highest BCUT2D eigenvalue weighted by Crippen LogP contribution is 2.34. The van der Waals surface area contributed by atoms with E-state index in [1.54, 1.807) is 37.9 Å². The van der Waals surface area contributed by atoms with Crippen molar-refractivity contribution < 1.29 is 13.2 Å². The Balaban J connectivity index is 1.88. The zero-order valence-corrected chi connectivity index (χ0v) is 16.8. The van der Waals surface area contributed by atoms with Gasteiger partial charge in [0.15, 0.2) is 0 Å². The number of nitrogens with one attached hydrogen (secondary N) is 1. The van der Waals surface area contributed by atoms with Crippen molar-refractivity contribution in [2.75, 3.05) is 7.05 Å². The SMILES string of the molecule is CC(C)NS(=O)(=O)c1cccc(C(=O)N(C)C2CCCc3ccccc32)c1. The molecule has 0 saturated carbocycles. The van der Waals surface area contributed by atoms with E-state index in [-0.39, 0.29) is 22.9 Å². The first-order chi connectivity index (χ1) is 12.8. The van der Waals surface area contributed by atoms with Crippen molar-refractivity contribution in [2.24, 2.45) is 0 Å². The van der Waals surface area contributed by atoms with Crippen LogP contribution in [0.3, 0.4) is 0 Å². The second-order valence-corrected chi connectivity index (χ2v) is 9.04. The lowest BCUT2D eigenvalue weighted by Gasteiger charge is -2.33. The number of rotatable bonds is 5. The van der Waals surface area contributed by atoms with Gasteiger partial charge in [-0.2, -0.15) is 0 Å². The molecule has 0 fully saturated rings. The first-order valence-corrected chi connectivity index (χ1v) is 10.8. The summed E-state index contributed by atoms with van der Waals surface area (Å²) in [6.45, 7) is 3.53. The zero-order valence-electron chi connectivity index (χ0n) is 16.0. The minimum Gasteiger partial charge on any atom is -0.335 e. The van der Waals surface area contributed by atoms with E-state index in [1.807, 2.05) is 12.1 Å². The second kappa shape index (κ2) is 7.82. The average Bonchev–Trinajstić information content (AvgIpc) is 2.65. The maximum Gasteiger partial charge on any atom is 0.254 e. The summed E-state index contributed by atoms with van der Waals surface area (Å²) in [6, 6.07) is 14.3. The summed E-state index contributed by atoms with van der Waals surface area (Å²) in [5.41, 5.74) is 2.85. The van der Waals surface area contributed by atoms with Crippen LogP contribution in [-0.2, 0) is 16.4 Å². The average molecular weight is 387 g/mol. The molecule has 144 valence electrons. The molecule has 5 nitrogen and oxygen atoms in total. The molecular formula is C21H26N2O3S. The third-order valence-corrected chi connectivity index (χ3v) is 6.56. The Hall–Kier alpha value is -2.18. The lowest BCUT2D eigenvalue weighted by atomic mass is 9.87. The van der Waals surface area contributed by atoms with Crippen molar-refractivity contribution in [3.8, 4) is 0 Å². The van der Waals surface area contributed by atoms with Crippen LogP contribution >= 0.6 is 0 Å². The first-order valence-electron chi connectivity index (χ1n) is 9.27. The molecule has 1 amide bonds. The van der Waals surface area contributed by atoms with Gasteiger partial charge in [-0.05, 0) is 62.4 Å². The molecule has 0 heterocycles. The van der Waals surface area contributed by atoms with Crippen LogP contribution in [0.5, 0.6) is 0 Å². The van der Waals surface area contributed by atoms with Crippen LogP contribution in [0.1, 0.15) is 54.2 Å². The zero-order chi connectivity index (χ0) is 19.6. The van der Waals surface area contributed by atoms with Gasteiger partial charge in [0.2, 0.25) is 10.0 Å². The predicted molar refractivity (Wildman–Crippen MR) is 106 cm³/mol. The van der Waals surface area contributed by atoms with Gasteiger partial charge in [0.1, 0.15) is 0 Å². The molecule has 0 aromatic heterocycles. The molecule has 1 aliphatic carbocycles. The normalized spacial score (nSPS) is 16.8. The van der Waals surface area contributed by atoms with E-state index in [2.05, 4.69) is 16.9 Å². The highest BCUT2D eigenvalue weighted by Gasteiger charge is 2.27. The summed E-state index contributed by atoms with van der Waals surface area (Å²) in [4.78, 5) is 14.9. The van der Waals surface area contributed by atoms with Gasteiger partial charge >= 0.3 is 0 Å². The number of benzene rings is 2. The van der Waals surface area contributed by atoms with Gasteiger partial charge < -0.3 is 4.90 Å². The molecule has 1 aliphatic rings. The fourth-order valence-electron chi connectivity index (χ4n) is 3.65. The van der Waals surface area contributed by atoms with Crippen LogP contribution in [0, 0.1) is 0 Å². The Bertz CT molecular complexity index is 938. The largest absolute Gasteiger partial charge is 0.335 e. The van der Waals surface area contributed by atoms with Crippen LogP contribution < -0.4 is 4.72 Å². The highest BCUT2D eigenvalue weighted by molar-refractivity contribution is 7.89. The van der Waals surface area contributed by atoms with Crippen molar-refractivity contribution in [1.82, 2.24) is 9.62 Å². The van der Waals surface area contributed by atoms with Crippen molar-refractivity contribution in [3.63, 3.8) is 0 Å². The summed E-state index contributed by atoms with van der Waals surface area (Å²) in [6.07, 6.45) is 2.97. The number of carbonyl (C=O) groups is 1. The molecule has 3 rings (SSSR count). The Morgan fingerprint density at radius 2 is 1.89 bits per heavy atom. The van der Waals surface area contributed by atoms with Gasteiger partial charge in [-0.1, -0.05) is 30.3 Å². The van der Waals surface area contributed by atoms with Crippen LogP contribution in [0.15, 0.2) is 53.4 Å². The molecule has 27 heavy (non-hydrogen) atoms. The van der Waals surface area contributed by atoms with E-state index in [1.165, 1.54) is 23.3 Å². The number of nitrogens with zero attached hydrogens (tertiary/aromatic N) is 1. The Labute approximate surface area is 161 Å². The molecule has 0 aliphatic heterocycles. The molecular weight excluding hydrogens is 360 g/mol. The summed E-state index contributed by atoms with van der Waals surface area (Å²) in [5.74, 6) is -0.168. The number of sulfonamides is 1. The molecule has 6 heteroatoms. The predicted octanol–water partition coefficient (Wildman–Crippen LogP) is 3.52. The number of hydrogen-bond acceptors (Lipinski definition) is 3. The standard InChI is InChI=1S/C21H26N2O3S/c1-15(2)22-27(25,26)18-11-6-10-17(14-18)21(24)23(3)20-13-7-9-16-8-4-5-12-19(16)20/h4-6,8,10-12,14-15,20,22H,7,9,13H2,1-3H3. The monoisotopic (exact) mass is 386 g/mol. The van der Waals surface area contributed by atoms with Crippen LogP contribution in [0.2, 0.25) is 0 Å². The van der Waals surface area contributed by atoms with E-state index >= 15 is 0 Å². The molecule has 0 spiro atoms. The fraction of sp³-hybridized carbons (Fsp3) is 0.381. The van der Waals surface area contributed by atoms with Gasteiger partial charge in [-0.3, -0.25) is 4.79 Å². The maximum atomic E-state index is 13.1. The fourth-order valence-corrected chi connectivity index (χ4v) is 4.95. The van der Waals surface area contributed by atoms with E-state index in [0.29, 0.717) is 5.56 Å². The smallest absolute Gasteiger partial charge is 0.254 e.